The zero-order valence-corrected chi connectivity index (χ0v) is 17.6. The maximum atomic E-state index is 12.6. The first-order valence-corrected chi connectivity index (χ1v) is 10.2. The Morgan fingerprint density at radius 1 is 1.41 bits per heavy atom. The van der Waals surface area contributed by atoms with Crippen LogP contribution in [0.3, 0.4) is 0 Å². The van der Waals surface area contributed by atoms with Crippen LogP contribution < -0.4 is 15.6 Å². The van der Waals surface area contributed by atoms with Crippen LogP contribution in [-0.2, 0) is 11.8 Å². The molecule has 142 valence electrons. The van der Waals surface area contributed by atoms with E-state index in [9.17, 15) is 9.59 Å². The Morgan fingerprint density at radius 2 is 2.15 bits per heavy atom. The smallest absolute Gasteiger partial charge is 0.262 e. The maximum absolute atomic E-state index is 12.6. The number of methoxy groups -OCH3 is 1. The summed E-state index contributed by atoms with van der Waals surface area (Å²) < 4.78 is 6.58. The first kappa shape index (κ1) is 19.7. The first-order chi connectivity index (χ1) is 12.8. The van der Waals surface area contributed by atoms with Gasteiger partial charge in [-0.05, 0) is 37.6 Å². The molecule has 1 aromatic carbocycles. The maximum Gasteiger partial charge on any atom is 0.262 e. The fourth-order valence-electron chi connectivity index (χ4n) is 2.56. The molecule has 0 aliphatic rings. The van der Waals surface area contributed by atoms with E-state index in [0.29, 0.717) is 31.8 Å². The summed E-state index contributed by atoms with van der Waals surface area (Å²) in [6.07, 6.45) is 0. The summed E-state index contributed by atoms with van der Waals surface area (Å²) in [6.45, 7) is 3.90. The van der Waals surface area contributed by atoms with E-state index in [-0.39, 0.29) is 17.2 Å². The molecule has 6 nitrogen and oxygen atoms in total. The number of hydrogen-bond acceptors (Lipinski definition) is 6. The summed E-state index contributed by atoms with van der Waals surface area (Å²) in [5, 5.41) is 4.36. The van der Waals surface area contributed by atoms with Gasteiger partial charge in [-0.3, -0.25) is 14.2 Å². The molecular weight excluding hydrogens is 406 g/mol. The number of nitrogens with zero attached hydrogens (tertiary/aromatic N) is 2. The zero-order valence-electron chi connectivity index (χ0n) is 15.3. The monoisotopic (exact) mass is 423 g/mol. The van der Waals surface area contributed by atoms with Crippen LogP contribution >= 0.6 is 34.7 Å². The predicted molar refractivity (Wildman–Crippen MR) is 112 cm³/mol. The van der Waals surface area contributed by atoms with Crippen LogP contribution in [0, 0.1) is 13.8 Å². The number of nitrogens with one attached hydrogen (secondary N) is 1. The van der Waals surface area contributed by atoms with Crippen molar-refractivity contribution in [3.8, 4) is 5.75 Å². The third kappa shape index (κ3) is 3.97. The van der Waals surface area contributed by atoms with Crippen molar-refractivity contribution < 1.29 is 9.53 Å². The molecule has 0 atom stereocenters. The van der Waals surface area contributed by atoms with Crippen LogP contribution in [0.4, 0.5) is 5.69 Å². The van der Waals surface area contributed by atoms with Crippen molar-refractivity contribution in [1.82, 2.24) is 9.55 Å². The summed E-state index contributed by atoms with van der Waals surface area (Å²) in [4.78, 5) is 31.2. The van der Waals surface area contributed by atoms with Crippen LogP contribution in [0.2, 0.25) is 5.02 Å². The second-order valence-electron chi connectivity index (χ2n) is 5.91. The normalized spacial score (nSPS) is 11.0. The quantitative estimate of drug-likeness (QED) is 0.496. The first-order valence-electron chi connectivity index (χ1n) is 8.04. The SMILES string of the molecule is COc1ccc(NC(=O)CSc2nc3sc(C)c(C)c3c(=O)n2C)cc1Cl. The van der Waals surface area contributed by atoms with E-state index >= 15 is 0 Å². The molecule has 0 aliphatic carbocycles. The third-order valence-electron chi connectivity index (χ3n) is 4.14. The van der Waals surface area contributed by atoms with Gasteiger partial charge in [-0.25, -0.2) is 4.98 Å². The Hall–Kier alpha value is -2.03. The number of thiophene rings is 1. The van der Waals surface area contributed by atoms with Gasteiger partial charge in [0, 0.05) is 17.6 Å². The molecule has 1 amide bonds. The van der Waals surface area contributed by atoms with Crippen LogP contribution in [0.15, 0.2) is 28.2 Å². The van der Waals surface area contributed by atoms with Gasteiger partial charge in [0.2, 0.25) is 5.91 Å². The molecular formula is C18H18ClN3O3S2. The number of carbonyl (C=O) groups is 1. The van der Waals surface area contributed by atoms with E-state index < -0.39 is 0 Å². The van der Waals surface area contributed by atoms with E-state index in [2.05, 4.69) is 10.3 Å². The lowest BCUT2D eigenvalue weighted by Crippen LogP contribution is -2.21. The molecule has 3 aromatic rings. The number of carbonyl (C=O) groups excluding carboxylic acids is 1. The number of aryl methyl sites for hydroxylation is 2. The fourth-order valence-corrected chi connectivity index (χ4v) is 4.66. The van der Waals surface area contributed by atoms with Crippen molar-refractivity contribution in [2.24, 2.45) is 7.05 Å². The molecule has 27 heavy (non-hydrogen) atoms. The minimum atomic E-state index is -0.214. The minimum absolute atomic E-state index is 0.0910. The minimum Gasteiger partial charge on any atom is -0.495 e. The van der Waals surface area contributed by atoms with E-state index in [0.717, 1.165) is 10.4 Å². The van der Waals surface area contributed by atoms with Gasteiger partial charge in [-0.2, -0.15) is 0 Å². The van der Waals surface area contributed by atoms with Crippen molar-refractivity contribution in [2.75, 3.05) is 18.2 Å². The fraction of sp³-hybridized carbons (Fsp3) is 0.278. The lowest BCUT2D eigenvalue weighted by molar-refractivity contribution is -0.113. The van der Waals surface area contributed by atoms with Gasteiger partial charge >= 0.3 is 0 Å². The van der Waals surface area contributed by atoms with Gasteiger partial charge in [0.05, 0.1) is 23.3 Å². The Kier molecular flexibility index (Phi) is 5.78. The second kappa shape index (κ2) is 7.92. The molecule has 0 saturated heterocycles. The average molecular weight is 424 g/mol. The lowest BCUT2D eigenvalue weighted by atomic mass is 10.2. The van der Waals surface area contributed by atoms with Crippen molar-refractivity contribution in [3.63, 3.8) is 0 Å². The number of rotatable bonds is 5. The molecule has 0 fully saturated rings. The molecule has 0 unspecified atom stereocenters. The molecule has 9 heteroatoms. The van der Waals surface area contributed by atoms with Gasteiger partial charge < -0.3 is 10.1 Å². The number of aromatic nitrogens is 2. The average Bonchev–Trinajstić information content (AvgIpc) is 2.91. The van der Waals surface area contributed by atoms with Gasteiger partial charge in [-0.1, -0.05) is 23.4 Å². The highest BCUT2D eigenvalue weighted by Gasteiger charge is 2.16. The largest absolute Gasteiger partial charge is 0.495 e. The van der Waals surface area contributed by atoms with Gasteiger partial charge in [0.1, 0.15) is 10.6 Å². The van der Waals surface area contributed by atoms with Crippen molar-refractivity contribution in [1.29, 1.82) is 0 Å². The van der Waals surface area contributed by atoms with Crippen LogP contribution in [0.5, 0.6) is 5.75 Å². The Balaban J connectivity index is 1.74. The lowest BCUT2D eigenvalue weighted by Gasteiger charge is -2.09. The molecule has 0 spiro atoms. The van der Waals surface area contributed by atoms with Gasteiger partial charge in [0.25, 0.3) is 5.56 Å². The Labute approximate surface area is 169 Å². The van der Waals surface area contributed by atoms with Crippen molar-refractivity contribution >= 4 is 56.5 Å². The molecule has 2 heterocycles. The van der Waals surface area contributed by atoms with Crippen molar-refractivity contribution in [3.05, 3.63) is 44.0 Å². The van der Waals surface area contributed by atoms with E-state index in [1.165, 1.54) is 34.8 Å². The molecule has 0 aliphatic heterocycles. The number of anilines is 1. The number of thioether (sulfide) groups is 1. The van der Waals surface area contributed by atoms with Crippen molar-refractivity contribution in [2.45, 2.75) is 19.0 Å². The Bertz CT molecular complexity index is 1090. The highest BCUT2D eigenvalue weighted by atomic mass is 35.5. The Morgan fingerprint density at radius 3 is 2.81 bits per heavy atom. The highest BCUT2D eigenvalue weighted by Crippen LogP contribution is 2.29. The number of fused-ring (bicyclic) bond motifs is 1. The highest BCUT2D eigenvalue weighted by molar-refractivity contribution is 7.99. The summed E-state index contributed by atoms with van der Waals surface area (Å²) >= 11 is 8.78. The van der Waals surface area contributed by atoms with Gasteiger partial charge in [-0.15, -0.1) is 11.3 Å². The zero-order chi connectivity index (χ0) is 19.7. The standard InChI is InChI=1S/C18H18ClN3O3S2/c1-9-10(2)27-16-15(9)17(24)22(3)18(21-16)26-8-14(23)20-11-5-6-13(25-4)12(19)7-11/h5-7H,8H2,1-4H3,(H,20,23). The number of ether oxygens (including phenoxy) is 1. The molecule has 0 saturated carbocycles. The van der Waals surface area contributed by atoms with E-state index in [4.69, 9.17) is 16.3 Å². The van der Waals surface area contributed by atoms with E-state index in [1.807, 2.05) is 13.8 Å². The van der Waals surface area contributed by atoms with Crippen LogP contribution in [-0.4, -0.2) is 28.3 Å². The summed E-state index contributed by atoms with van der Waals surface area (Å²) in [7, 11) is 3.20. The number of benzene rings is 1. The molecule has 0 bridgehead atoms. The molecule has 3 rings (SSSR count). The molecule has 2 aromatic heterocycles. The van der Waals surface area contributed by atoms with E-state index in [1.54, 1.807) is 25.2 Å². The summed E-state index contributed by atoms with van der Waals surface area (Å²) in [5.41, 5.74) is 1.45. The van der Waals surface area contributed by atoms with Crippen LogP contribution in [0.25, 0.3) is 10.2 Å². The molecule has 0 radical (unpaired) electrons. The number of halogens is 1. The number of amides is 1. The van der Waals surface area contributed by atoms with Gasteiger partial charge in [0.15, 0.2) is 5.16 Å². The number of hydrogen-bond donors (Lipinski definition) is 1. The summed E-state index contributed by atoms with van der Waals surface area (Å²) in [6, 6.07) is 5.02. The summed E-state index contributed by atoms with van der Waals surface area (Å²) in [5.74, 6) is 0.450. The molecule has 1 N–H and O–H groups in total. The predicted octanol–water partition coefficient (Wildman–Crippen LogP) is 4.00. The topological polar surface area (TPSA) is 73.2 Å². The second-order valence-corrected chi connectivity index (χ2v) is 8.46. The van der Waals surface area contributed by atoms with Crippen LogP contribution in [0.1, 0.15) is 10.4 Å². The third-order valence-corrected chi connectivity index (χ3v) is 6.56.